The molecule has 0 spiro atoms. The zero-order valence-electron chi connectivity index (χ0n) is 8.10. The average Bonchev–Trinajstić information content (AvgIpc) is 2.56. The van der Waals surface area contributed by atoms with E-state index in [1.807, 2.05) is 13.1 Å². The number of rotatable bonds is 4. The van der Waals surface area contributed by atoms with Gasteiger partial charge in [-0.05, 0) is 19.9 Å². The molecule has 70 valence electrons. The summed E-state index contributed by atoms with van der Waals surface area (Å²) < 4.78 is 5.61. The van der Waals surface area contributed by atoms with Gasteiger partial charge in [0.25, 0.3) is 0 Å². The van der Waals surface area contributed by atoms with Crippen LogP contribution in [-0.4, -0.2) is 25.8 Å². The quantitative estimate of drug-likeness (QED) is 0.647. The Hall–Kier alpha value is -0.340. The van der Waals surface area contributed by atoms with Gasteiger partial charge in [0, 0.05) is 7.11 Å². The van der Waals surface area contributed by atoms with E-state index in [1.54, 1.807) is 7.11 Å². The average molecular weight is 169 g/mol. The molecule has 0 heterocycles. The molecule has 1 aliphatic carbocycles. The fourth-order valence-corrected chi connectivity index (χ4v) is 2.21. The fraction of sp³-hybridized carbons (Fsp3) is 0.800. The van der Waals surface area contributed by atoms with Gasteiger partial charge < -0.3 is 10.1 Å². The molecule has 0 saturated heterocycles. The molecule has 2 heteroatoms. The summed E-state index contributed by atoms with van der Waals surface area (Å²) in [6, 6.07) is 0.296. The van der Waals surface area contributed by atoms with Crippen LogP contribution >= 0.6 is 0 Å². The minimum atomic E-state index is 0.0243. The van der Waals surface area contributed by atoms with Gasteiger partial charge in [-0.1, -0.05) is 18.9 Å². The lowest BCUT2D eigenvalue weighted by atomic mass is 9.92. The third-order valence-corrected chi connectivity index (χ3v) is 2.97. The van der Waals surface area contributed by atoms with Gasteiger partial charge in [0.05, 0.1) is 11.6 Å². The van der Waals surface area contributed by atoms with E-state index < -0.39 is 0 Å². The van der Waals surface area contributed by atoms with Gasteiger partial charge in [0.2, 0.25) is 0 Å². The first-order chi connectivity index (χ1) is 5.79. The zero-order chi connectivity index (χ0) is 9.03. The van der Waals surface area contributed by atoms with Crippen molar-refractivity contribution in [1.29, 1.82) is 0 Å². The summed E-state index contributed by atoms with van der Waals surface area (Å²) in [6.07, 6.45) is 6.82. The lowest BCUT2D eigenvalue weighted by Gasteiger charge is -2.34. The Labute approximate surface area is 75.0 Å². The molecule has 1 saturated carbocycles. The van der Waals surface area contributed by atoms with E-state index in [9.17, 15) is 0 Å². The highest BCUT2D eigenvalue weighted by atomic mass is 16.5. The molecule has 0 aromatic heterocycles. The highest BCUT2D eigenvalue weighted by molar-refractivity contribution is 5.04. The van der Waals surface area contributed by atoms with E-state index in [1.165, 1.54) is 12.8 Å². The van der Waals surface area contributed by atoms with Crippen molar-refractivity contribution in [1.82, 2.24) is 5.32 Å². The number of likely N-dealkylation sites (N-methyl/N-ethyl adjacent to an activating group) is 1. The smallest absolute Gasteiger partial charge is 0.0866 e. The first-order valence-electron chi connectivity index (χ1n) is 4.64. The third-order valence-electron chi connectivity index (χ3n) is 2.97. The molecule has 1 rings (SSSR count). The molecule has 1 unspecified atom stereocenters. The normalized spacial score (nSPS) is 23.8. The Kier molecular flexibility index (Phi) is 3.29. The number of nitrogens with one attached hydrogen (secondary N) is 1. The molecule has 0 radical (unpaired) electrons. The maximum atomic E-state index is 5.61. The van der Waals surface area contributed by atoms with Gasteiger partial charge in [-0.15, -0.1) is 6.58 Å². The fourth-order valence-electron chi connectivity index (χ4n) is 2.21. The number of ether oxygens (including phenoxy) is 1. The van der Waals surface area contributed by atoms with E-state index in [-0.39, 0.29) is 5.60 Å². The van der Waals surface area contributed by atoms with Crippen LogP contribution in [0.1, 0.15) is 25.7 Å². The monoisotopic (exact) mass is 169 g/mol. The maximum absolute atomic E-state index is 5.61. The summed E-state index contributed by atoms with van der Waals surface area (Å²) in [5, 5.41) is 3.24. The van der Waals surface area contributed by atoms with Gasteiger partial charge >= 0.3 is 0 Å². The lowest BCUT2D eigenvalue weighted by molar-refractivity contribution is -0.0213. The second-order valence-corrected chi connectivity index (χ2v) is 3.48. The highest BCUT2D eigenvalue weighted by Crippen LogP contribution is 2.35. The summed E-state index contributed by atoms with van der Waals surface area (Å²) in [4.78, 5) is 0. The van der Waals surface area contributed by atoms with Gasteiger partial charge in [-0.2, -0.15) is 0 Å². The lowest BCUT2D eigenvalue weighted by Crippen LogP contribution is -2.47. The maximum Gasteiger partial charge on any atom is 0.0866 e. The van der Waals surface area contributed by atoms with Crippen LogP contribution in [0.5, 0.6) is 0 Å². The number of hydrogen-bond acceptors (Lipinski definition) is 2. The number of hydrogen-bond donors (Lipinski definition) is 1. The van der Waals surface area contributed by atoms with Crippen molar-refractivity contribution in [2.75, 3.05) is 14.2 Å². The molecule has 2 nitrogen and oxygen atoms in total. The largest absolute Gasteiger partial charge is 0.376 e. The topological polar surface area (TPSA) is 21.3 Å². The van der Waals surface area contributed by atoms with Crippen molar-refractivity contribution in [3.8, 4) is 0 Å². The Bertz CT molecular complexity index is 150. The Morgan fingerprint density at radius 3 is 2.42 bits per heavy atom. The summed E-state index contributed by atoms with van der Waals surface area (Å²) >= 11 is 0. The molecule has 12 heavy (non-hydrogen) atoms. The molecule has 0 bridgehead atoms. The summed E-state index contributed by atoms with van der Waals surface area (Å²) in [7, 11) is 3.77. The van der Waals surface area contributed by atoms with Crippen molar-refractivity contribution in [3.63, 3.8) is 0 Å². The summed E-state index contributed by atoms with van der Waals surface area (Å²) in [6.45, 7) is 3.83. The molecule has 0 amide bonds. The molecular weight excluding hydrogens is 150 g/mol. The molecule has 1 fully saturated rings. The summed E-state index contributed by atoms with van der Waals surface area (Å²) in [5.74, 6) is 0. The predicted octanol–water partition coefficient (Wildman–Crippen LogP) is 1.72. The summed E-state index contributed by atoms with van der Waals surface area (Å²) in [5.41, 5.74) is 0.0243. The minimum Gasteiger partial charge on any atom is -0.376 e. The third kappa shape index (κ3) is 1.54. The van der Waals surface area contributed by atoms with Crippen molar-refractivity contribution in [2.45, 2.75) is 37.3 Å². The van der Waals surface area contributed by atoms with Crippen molar-refractivity contribution >= 4 is 0 Å². The van der Waals surface area contributed by atoms with Crippen LogP contribution in [0, 0.1) is 0 Å². The zero-order valence-corrected chi connectivity index (χ0v) is 8.10. The van der Waals surface area contributed by atoms with Gasteiger partial charge in [0.15, 0.2) is 0 Å². The van der Waals surface area contributed by atoms with Crippen LogP contribution in [0.3, 0.4) is 0 Å². The molecular formula is C10H19NO. The standard InChI is InChI=1S/C10H19NO/c1-4-9(11-2)10(12-3)7-5-6-8-10/h4,9,11H,1,5-8H2,2-3H3. The Morgan fingerprint density at radius 2 is 2.08 bits per heavy atom. The SMILES string of the molecule is C=CC(NC)C1(OC)CCCC1. The van der Waals surface area contributed by atoms with E-state index in [4.69, 9.17) is 4.74 Å². The molecule has 0 aliphatic heterocycles. The first kappa shape index (κ1) is 9.75. The highest BCUT2D eigenvalue weighted by Gasteiger charge is 2.39. The van der Waals surface area contributed by atoms with Gasteiger partial charge in [0.1, 0.15) is 0 Å². The van der Waals surface area contributed by atoms with Gasteiger partial charge in [-0.3, -0.25) is 0 Å². The molecule has 0 aromatic rings. The van der Waals surface area contributed by atoms with Crippen LogP contribution < -0.4 is 5.32 Å². The van der Waals surface area contributed by atoms with E-state index in [2.05, 4.69) is 11.9 Å². The van der Waals surface area contributed by atoms with E-state index in [0.29, 0.717) is 6.04 Å². The van der Waals surface area contributed by atoms with E-state index >= 15 is 0 Å². The predicted molar refractivity (Wildman–Crippen MR) is 51.3 cm³/mol. The van der Waals surface area contributed by atoms with Crippen molar-refractivity contribution in [3.05, 3.63) is 12.7 Å². The van der Waals surface area contributed by atoms with Crippen molar-refractivity contribution < 1.29 is 4.74 Å². The van der Waals surface area contributed by atoms with Crippen LogP contribution in [0.4, 0.5) is 0 Å². The molecule has 0 aromatic carbocycles. The van der Waals surface area contributed by atoms with Crippen molar-refractivity contribution in [2.24, 2.45) is 0 Å². The van der Waals surface area contributed by atoms with Crippen LogP contribution in [0.2, 0.25) is 0 Å². The van der Waals surface area contributed by atoms with Crippen LogP contribution in [0.15, 0.2) is 12.7 Å². The second kappa shape index (κ2) is 4.06. The van der Waals surface area contributed by atoms with Crippen LogP contribution in [-0.2, 0) is 4.74 Å². The van der Waals surface area contributed by atoms with Crippen LogP contribution in [0.25, 0.3) is 0 Å². The Morgan fingerprint density at radius 1 is 1.50 bits per heavy atom. The molecule has 1 aliphatic rings. The first-order valence-corrected chi connectivity index (χ1v) is 4.64. The minimum absolute atomic E-state index is 0.0243. The number of methoxy groups -OCH3 is 1. The van der Waals surface area contributed by atoms with Gasteiger partial charge in [-0.25, -0.2) is 0 Å². The second-order valence-electron chi connectivity index (χ2n) is 3.48. The van der Waals surface area contributed by atoms with E-state index in [0.717, 1.165) is 12.8 Å². The Balaban J connectivity index is 2.69. The molecule has 1 N–H and O–H groups in total. The molecule has 1 atom stereocenters.